The maximum atomic E-state index is 12.4. The molecule has 3 aromatic rings. The van der Waals surface area contributed by atoms with E-state index in [4.69, 9.17) is 0 Å². The molecule has 1 heterocycles. The molecule has 0 unspecified atom stereocenters. The molecule has 0 aliphatic heterocycles. The summed E-state index contributed by atoms with van der Waals surface area (Å²) in [5.74, 6) is 0.0291. The van der Waals surface area contributed by atoms with Gasteiger partial charge >= 0.3 is 0 Å². The van der Waals surface area contributed by atoms with Crippen molar-refractivity contribution in [2.75, 3.05) is 6.54 Å². The molecule has 1 aromatic heterocycles. The molecule has 0 fully saturated rings. The zero-order valence-electron chi connectivity index (χ0n) is 15.7. The van der Waals surface area contributed by atoms with Crippen LogP contribution in [-0.4, -0.2) is 22.2 Å². The minimum absolute atomic E-state index is 0.0291. The largest absolute Gasteiger partial charge is 0.352 e. The number of fused-ring (bicyclic) bond motifs is 1. The number of aryl methyl sites for hydroxylation is 4. The average molecular weight is 359 g/mol. The highest BCUT2D eigenvalue weighted by Gasteiger charge is 2.13. The van der Waals surface area contributed by atoms with Gasteiger partial charge in [-0.3, -0.25) is 4.79 Å². The van der Waals surface area contributed by atoms with E-state index < -0.39 is 0 Å². The quantitative estimate of drug-likeness (QED) is 0.676. The van der Waals surface area contributed by atoms with E-state index in [0.717, 1.165) is 42.6 Å². The van der Waals surface area contributed by atoms with Gasteiger partial charge in [0.05, 0.1) is 11.4 Å². The average Bonchev–Trinajstić information content (AvgIpc) is 3.31. The first kappa shape index (κ1) is 17.5. The number of hydrogen-bond donors (Lipinski definition) is 1. The van der Waals surface area contributed by atoms with Crippen molar-refractivity contribution in [3.8, 4) is 5.69 Å². The number of aromatic nitrogens is 2. The number of hydrogen-bond acceptors (Lipinski definition) is 2. The standard InChI is InChI=1S/C23H25N3O/c1-17-21(16-26(25-17)22-10-3-2-4-11-22)9-6-14-24-23(27)20-13-12-18-7-5-8-19(18)15-20/h2-4,10-13,15-16H,5-9,14H2,1H3,(H,24,27). The van der Waals surface area contributed by atoms with Crippen LogP contribution >= 0.6 is 0 Å². The molecule has 4 heteroatoms. The van der Waals surface area contributed by atoms with E-state index in [1.807, 2.05) is 48.0 Å². The number of amides is 1. The van der Waals surface area contributed by atoms with Crippen LogP contribution in [0.4, 0.5) is 0 Å². The van der Waals surface area contributed by atoms with Crippen LogP contribution in [0.5, 0.6) is 0 Å². The van der Waals surface area contributed by atoms with Gasteiger partial charge in [-0.05, 0) is 80.0 Å². The fraction of sp³-hybridized carbons (Fsp3) is 0.304. The fourth-order valence-corrected chi connectivity index (χ4v) is 3.75. The molecule has 0 saturated carbocycles. The van der Waals surface area contributed by atoms with Crippen LogP contribution in [0.2, 0.25) is 0 Å². The Morgan fingerprint density at radius 3 is 2.78 bits per heavy atom. The van der Waals surface area contributed by atoms with Crippen molar-refractivity contribution in [1.82, 2.24) is 15.1 Å². The fourth-order valence-electron chi connectivity index (χ4n) is 3.75. The summed E-state index contributed by atoms with van der Waals surface area (Å²) in [5.41, 5.74) is 6.86. The summed E-state index contributed by atoms with van der Waals surface area (Å²) >= 11 is 0. The zero-order chi connectivity index (χ0) is 18.6. The lowest BCUT2D eigenvalue weighted by Gasteiger charge is -2.07. The Hall–Kier alpha value is -2.88. The molecular weight excluding hydrogens is 334 g/mol. The molecule has 2 aromatic carbocycles. The number of nitrogens with one attached hydrogen (secondary N) is 1. The Labute approximate surface area is 160 Å². The summed E-state index contributed by atoms with van der Waals surface area (Å²) in [7, 11) is 0. The van der Waals surface area contributed by atoms with Crippen molar-refractivity contribution in [3.05, 3.63) is 82.7 Å². The molecule has 4 rings (SSSR count). The number of para-hydroxylation sites is 1. The lowest BCUT2D eigenvalue weighted by atomic mass is 10.1. The Balaban J connectivity index is 1.30. The lowest BCUT2D eigenvalue weighted by Crippen LogP contribution is -2.24. The summed E-state index contributed by atoms with van der Waals surface area (Å²) in [6.07, 6.45) is 7.35. The van der Waals surface area contributed by atoms with Gasteiger partial charge in [0.1, 0.15) is 0 Å². The highest BCUT2D eigenvalue weighted by atomic mass is 16.1. The van der Waals surface area contributed by atoms with E-state index in [9.17, 15) is 4.79 Å². The second-order valence-electron chi connectivity index (χ2n) is 7.22. The minimum atomic E-state index is 0.0291. The van der Waals surface area contributed by atoms with E-state index in [2.05, 4.69) is 28.7 Å². The lowest BCUT2D eigenvalue weighted by molar-refractivity contribution is 0.0953. The SMILES string of the molecule is Cc1nn(-c2ccccc2)cc1CCCNC(=O)c1ccc2c(c1)CCC2. The maximum Gasteiger partial charge on any atom is 0.251 e. The summed E-state index contributed by atoms with van der Waals surface area (Å²) in [5, 5.41) is 7.66. The van der Waals surface area contributed by atoms with Gasteiger partial charge < -0.3 is 5.32 Å². The van der Waals surface area contributed by atoms with Crippen LogP contribution in [0.25, 0.3) is 5.69 Å². The first-order valence-electron chi connectivity index (χ1n) is 9.71. The summed E-state index contributed by atoms with van der Waals surface area (Å²) in [6.45, 7) is 2.71. The third-order valence-electron chi connectivity index (χ3n) is 5.29. The van der Waals surface area contributed by atoms with Gasteiger partial charge in [0.2, 0.25) is 0 Å². The van der Waals surface area contributed by atoms with Crippen molar-refractivity contribution in [3.63, 3.8) is 0 Å². The molecule has 138 valence electrons. The molecule has 1 aliphatic rings. The monoisotopic (exact) mass is 359 g/mol. The molecule has 0 bridgehead atoms. The molecule has 4 nitrogen and oxygen atoms in total. The topological polar surface area (TPSA) is 46.9 Å². The molecular formula is C23H25N3O. The third kappa shape index (κ3) is 3.95. The van der Waals surface area contributed by atoms with Gasteiger partial charge in [-0.15, -0.1) is 0 Å². The summed E-state index contributed by atoms with van der Waals surface area (Å²) < 4.78 is 1.92. The van der Waals surface area contributed by atoms with Gasteiger partial charge in [-0.25, -0.2) is 4.68 Å². The highest BCUT2D eigenvalue weighted by Crippen LogP contribution is 2.22. The van der Waals surface area contributed by atoms with E-state index >= 15 is 0 Å². The van der Waals surface area contributed by atoms with Crippen molar-refractivity contribution >= 4 is 5.91 Å². The van der Waals surface area contributed by atoms with Gasteiger partial charge in [0.15, 0.2) is 0 Å². The van der Waals surface area contributed by atoms with E-state index in [0.29, 0.717) is 6.54 Å². The van der Waals surface area contributed by atoms with Crippen molar-refractivity contribution in [2.45, 2.75) is 39.0 Å². The van der Waals surface area contributed by atoms with Gasteiger partial charge in [-0.1, -0.05) is 24.3 Å². The molecule has 0 spiro atoms. The smallest absolute Gasteiger partial charge is 0.251 e. The normalized spacial score (nSPS) is 12.8. The summed E-state index contributed by atoms with van der Waals surface area (Å²) in [6, 6.07) is 16.3. The Morgan fingerprint density at radius 2 is 1.93 bits per heavy atom. The number of rotatable bonds is 6. The van der Waals surface area contributed by atoms with E-state index in [-0.39, 0.29) is 5.91 Å². The van der Waals surface area contributed by atoms with Crippen LogP contribution in [0.3, 0.4) is 0 Å². The highest BCUT2D eigenvalue weighted by molar-refractivity contribution is 5.94. The first-order valence-corrected chi connectivity index (χ1v) is 9.71. The van der Waals surface area contributed by atoms with Gasteiger partial charge in [0.25, 0.3) is 5.91 Å². The van der Waals surface area contributed by atoms with Gasteiger partial charge in [0, 0.05) is 18.3 Å². The molecule has 27 heavy (non-hydrogen) atoms. The van der Waals surface area contributed by atoms with Crippen LogP contribution in [0.15, 0.2) is 54.7 Å². The van der Waals surface area contributed by atoms with Crippen LogP contribution in [0, 0.1) is 6.92 Å². The van der Waals surface area contributed by atoms with Crippen molar-refractivity contribution < 1.29 is 4.79 Å². The second kappa shape index (κ2) is 7.78. The molecule has 1 amide bonds. The zero-order valence-corrected chi connectivity index (χ0v) is 15.7. The van der Waals surface area contributed by atoms with Crippen LogP contribution < -0.4 is 5.32 Å². The van der Waals surface area contributed by atoms with Crippen molar-refractivity contribution in [2.24, 2.45) is 0 Å². The number of benzene rings is 2. The number of carbonyl (C=O) groups is 1. The second-order valence-corrected chi connectivity index (χ2v) is 7.22. The molecule has 1 aliphatic carbocycles. The Bertz CT molecular complexity index is 944. The molecule has 0 atom stereocenters. The maximum absolute atomic E-state index is 12.4. The Kier molecular flexibility index (Phi) is 5.05. The van der Waals surface area contributed by atoms with Crippen LogP contribution in [0.1, 0.15) is 45.6 Å². The number of nitrogens with zero attached hydrogens (tertiary/aromatic N) is 2. The summed E-state index contributed by atoms with van der Waals surface area (Å²) in [4.78, 5) is 12.4. The molecule has 0 saturated heterocycles. The third-order valence-corrected chi connectivity index (χ3v) is 5.29. The number of carbonyl (C=O) groups excluding carboxylic acids is 1. The van der Waals surface area contributed by atoms with Crippen molar-refractivity contribution in [1.29, 1.82) is 0 Å². The first-order chi connectivity index (χ1) is 13.2. The Morgan fingerprint density at radius 1 is 1.11 bits per heavy atom. The van der Waals surface area contributed by atoms with E-state index in [1.165, 1.54) is 23.1 Å². The predicted octanol–water partition coefficient (Wildman–Crippen LogP) is 4.03. The predicted molar refractivity (Wildman–Crippen MR) is 107 cm³/mol. The van der Waals surface area contributed by atoms with E-state index in [1.54, 1.807) is 0 Å². The molecule has 0 radical (unpaired) electrons. The van der Waals surface area contributed by atoms with Gasteiger partial charge in [-0.2, -0.15) is 5.10 Å². The van der Waals surface area contributed by atoms with Crippen LogP contribution in [-0.2, 0) is 19.3 Å². The minimum Gasteiger partial charge on any atom is -0.352 e. The molecule has 1 N–H and O–H groups in total.